The fourth-order valence-electron chi connectivity index (χ4n) is 2.05. The van der Waals surface area contributed by atoms with Crippen molar-refractivity contribution < 1.29 is 9.21 Å². The third-order valence-corrected chi connectivity index (χ3v) is 3.07. The summed E-state index contributed by atoms with van der Waals surface area (Å²) in [6.07, 6.45) is 8.40. The van der Waals surface area contributed by atoms with E-state index in [9.17, 15) is 4.79 Å². The van der Waals surface area contributed by atoms with Crippen molar-refractivity contribution >= 4 is 5.91 Å². The van der Waals surface area contributed by atoms with E-state index in [1.165, 1.54) is 0 Å². The smallest absolute Gasteiger partial charge is 0.224 e. The lowest BCUT2D eigenvalue weighted by Gasteiger charge is -2.07. The molecule has 3 rings (SSSR count). The summed E-state index contributed by atoms with van der Waals surface area (Å²) < 4.78 is 5.34. The Bertz CT molecular complexity index is 742. The maximum absolute atomic E-state index is 12.0. The minimum Gasteiger partial charge on any atom is -0.463 e. The number of pyridine rings is 1. The number of rotatable bonds is 5. The van der Waals surface area contributed by atoms with Gasteiger partial charge in [-0.15, -0.1) is 0 Å². The zero-order chi connectivity index (χ0) is 15.2. The van der Waals surface area contributed by atoms with Crippen molar-refractivity contribution in [2.45, 2.75) is 13.0 Å². The van der Waals surface area contributed by atoms with Crippen LogP contribution in [0.1, 0.15) is 11.3 Å². The van der Waals surface area contributed by atoms with E-state index in [1.54, 1.807) is 43.2 Å². The molecule has 22 heavy (non-hydrogen) atoms. The van der Waals surface area contributed by atoms with Gasteiger partial charge in [0.2, 0.25) is 5.91 Å². The minimum absolute atomic E-state index is 0.0935. The predicted octanol–water partition coefficient (Wildman–Crippen LogP) is 1.99. The maximum atomic E-state index is 12.0. The molecule has 1 amide bonds. The second kappa shape index (κ2) is 6.62. The number of amides is 1. The Hall–Kier alpha value is -3.02. The molecule has 3 aromatic heterocycles. The number of carbonyl (C=O) groups excluding carboxylic acids is 1. The lowest BCUT2D eigenvalue weighted by molar-refractivity contribution is -0.120. The van der Waals surface area contributed by atoms with E-state index in [-0.39, 0.29) is 12.3 Å². The van der Waals surface area contributed by atoms with Crippen LogP contribution in [0.3, 0.4) is 0 Å². The molecule has 3 aromatic rings. The lowest BCUT2D eigenvalue weighted by atomic mass is 10.2. The van der Waals surface area contributed by atoms with E-state index in [4.69, 9.17) is 4.42 Å². The minimum atomic E-state index is -0.0935. The Balaban J connectivity index is 1.66. The SMILES string of the molecule is O=C(Cc1cccnc1)NCc1nccnc1-c1ccco1. The summed E-state index contributed by atoms with van der Waals surface area (Å²) in [7, 11) is 0. The monoisotopic (exact) mass is 294 g/mol. The Morgan fingerprint density at radius 2 is 2.05 bits per heavy atom. The van der Waals surface area contributed by atoms with Gasteiger partial charge in [0, 0.05) is 24.8 Å². The van der Waals surface area contributed by atoms with Crippen molar-refractivity contribution in [3.05, 3.63) is 66.6 Å². The molecular formula is C16H14N4O2. The standard InChI is InChI=1S/C16H14N4O2/c21-15(9-12-3-1-5-17-10-12)20-11-13-16(19-7-6-18-13)14-4-2-8-22-14/h1-8,10H,9,11H2,(H,20,21). The molecule has 0 fully saturated rings. The third-order valence-electron chi connectivity index (χ3n) is 3.07. The van der Waals surface area contributed by atoms with Crippen LogP contribution >= 0.6 is 0 Å². The van der Waals surface area contributed by atoms with Crippen LogP contribution in [0, 0.1) is 0 Å². The number of hydrogen-bond donors (Lipinski definition) is 1. The Labute approximate surface area is 127 Å². The quantitative estimate of drug-likeness (QED) is 0.778. The molecule has 0 saturated carbocycles. The highest BCUT2D eigenvalue weighted by molar-refractivity contribution is 5.78. The van der Waals surface area contributed by atoms with E-state index in [0.717, 1.165) is 5.56 Å². The average Bonchev–Trinajstić information content (AvgIpc) is 3.08. The molecule has 0 aliphatic heterocycles. The summed E-state index contributed by atoms with van der Waals surface area (Å²) in [4.78, 5) is 24.5. The van der Waals surface area contributed by atoms with Crippen LogP contribution in [0.15, 0.2) is 59.7 Å². The molecule has 110 valence electrons. The molecular weight excluding hydrogens is 280 g/mol. The number of carbonyl (C=O) groups is 1. The summed E-state index contributed by atoms with van der Waals surface area (Å²) in [5.41, 5.74) is 2.16. The van der Waals surface area contributed by atoms with E-state index in [0.29, 0.717) is 23.7 Å². The average molecular weight is 294 g/mol. The third kappa shape index (κ3) is 3.35. The van der Waals surface area contributed by atoms with Crippen LogP contribution in [0.4, 0.5) is 0 Å². The molecule has 0 aliphatic carbocycles. The van der Waals surface area contributed by atoms with Crippen molar-refractivity contribution in [1.29, 1.82) is 0 Å². The zero-order valence-electron chi connectivity index (χ0n) is 11.8. The van der Waals surface area contributed by atoms with Crippen LogP contribution in [-0.4, -0.2) is 20.9 Å². The first-order valence-electron chi connectivity index (χ1n) is 6.82. The van der Waals surface area contributed by atoms with E-state index < -0.39 is 0 Å². The first-order chi connectivity index (χ1) is 10.8. The van der Waals surface area contributed by atoms with Gasteiger partial charge in [-0.3, -0.25) is 14.8 Å². The summed E-state index contributed by atoms with van der Waals surface area (Å²) in [5, 5.41) is 2.84. The molecule has 0 spiro atoms. The molecule has 0 atom stereocenters. The number of hydrogen-bond acceptors (Lipinski definition) is 5. The predicted molar refractivity (Wildman–Crippen MR) is 79.5 cm³/mol. The summed E-state index contributed by atoms with van der Waals surface area (Å²) in [5.74, 6) is 0.536. The molecule has 6 nitrogen and oxygen atoms in total. The first kappa shape index (κ1) is 13.9. The number of aromatic nitrogens is 3. The van der Waals surface area contributed by atoms with Gasteiger partial charge in [-0.1, -0.05) is 6.07 Å². The van der Waals surface area contributed by atoms with Crippen LogP contribution in [-0.2, 0) is 17.8 Å². The van der Waals surface area contributed by atoms with E-state index in [1.807, 2.05) is 12.1 Å². The highest BCUT2D eigenvalue weighted by Gasteiger charge is 2.11. The van der Waals surface area contributed by atoms with Crippen LogP contribution in [0.2, 0.25) is 0 Å². The van der Waals surface area contributed by atoms with E-state index in [2.05, 4.69) is 20.3 Å². The van der Waals surface area contributed by atoms with Crippen molar-refractivity contribution in [1.82, 2.24) is 20.3 Å². The van der Waals surface area contributed by atoms with Gasteiger partial charge < -0.3 is 9.73 Å². The Morgan fingerprint density at radius 1 is 1.14 bits per heavy atom. The molecule has 0 bridgehead atoms. The summed E-state index contributed by atoms with van der Waals surface area (Å²) in [6, 6.07) is 7.27. The number of nitrogens with zero attached hydrogens (tertiary/aromatic N) is 3. The van der Waals surface area contributed by atoms with Gasteiger partial charge in [0.15, 0.2) is 5.76 Å². The fourth-order valence-corrected chi connectivity index (χ4v) is 2.05. The van der Waals surface area contributed by atoms with Gasteiger partial charge in [-0.05, 0) is 23.8 Å². The van der Waals surface area contributed by atoms with Gasteiger partial charge in [0.1, 0.15) is 5.69 Å². The van der Waals surface area contributed by atoms with Crippen LogP contribution in [0.25, 0.3) is 11.5 Å². The zero-order valence-corrected chi connectivity index (χ0v) is 11.8. The molecule has 1 N–H and O–H groups in total. The van der Waals surface area contributed by atoms with Crippen molar-refractivity contribution in [3.63, 3.8) is 0 Å². The Morgan fingerprint density at radius 3 is 2.82 bits per heavy atom. The molecule has 3 heterocycles. The summed E-state index contributed by atoms with van der Waals surface area (Å²) >= 11 is 0. The van der Waals surface area contributed by atoms with Gasteiger partial charge in [0.05, 0.1) is 24.9 Å². The highest BCUT2D eigenvalue weighted by Crippen LogP contribution is 2.19. The van der Waals surface area contributed by atoms with Crippen molar-refractivity contribution in [3.8, 4) is 11.5 Å². The highest BCUT2D eigenvalue weighted by atomic mass is 16.3. The topological polar surface area (TPSA) is 80.9 Å². The van der Waals surface area contributed by atoms with Crippen LogP contribution < -0.4 is 5.32 Å². The molecule has 0 aromatic carbocycles. The van der Waals surface area contributed by atoms with Crippen molar-refractivity contribution in [2.75, 3.05) is 0 Å². The van der Waals surface area contributed by atoms with Gasteiger partial charge in [0.25, 0.3) is 0 Å². The maximum Gasteiger partial charge on any atom is 0.224 e. The lowest BCUT2D eigenvalue weighted by Crippen LogP contribution is -2.25. The largest absolute Gasteiger partial charge is 0.463 e. The van der Waals surface area contributed by atoms with E-state index >= 15 is 0 Å². The molecule has 0 unspecified atom stereocenters. The van der Waals surface area contributed by atoms with Gasteiger partial charge in [-0.25, -0.2) is 4.98 Å². The molecule has 0 aliphatic rings. The number of nitrogens with one attached hydrogen (secondary N) is 1. The Kier molecular flexibility index (Phi) is 4.20. The molecule has 0 saturated heterocycles. The second-order valence-electron chi connectivity index (χ2n) is 4.64. The summed E-state index contributed by atoms with van der Waals surface area (Å²) in [6.45, 7) is 0.295. The normalized spacial score (nSPS) is 10.4. The van der Waals surface area contributed by atoms with Gasteiger partial charge in [-0.2, -0.15) is 0 Å². The fraction of sp³-hybridized carbons (Fsp3) is 0.125. The molecule has 0 radical (unpaired) electrons. The first-order valence-corrected chi connectivity index (χ1v) is 6.82. The second-order valence-corrected chi connectivity index (χ2v) is 4.64. The van der Waals surface area contributed by atoms with Crippen LogP contribution in [0.5, 0.6) is 0 Å². The molecule has 6 heteroatoms. The van der Waals surface area contributed by atoms with Crippen molar-refractivity contribution in [2.24, 2.45) is 0 Å². The number of furan rings is 1. The van der Waals surface area contributed by atoms with Gasteiger partial charge >= 0.3 is 0 Å².